The molecule has 11 heteroatoms. The molecule has 0 aliphatic carbocycles. The zero-order chi connectivity index (χ0) is 23.3. The Bertz CT molecular complexity index is 1000. The smallest absolute Gasteiger partial charge is 0.417 e. The third-order valence-corrected chi connectivity index (χ3v) is 5.00. The molecule has 32 heavy (non-hydrogen) atoms. The van der Waals surface area contributed by atoms with E-state index in [2.05, 4.69) is 4.98 Å². The average molecular weight is 469 g/mol. The summed E-state index contributed by atoms with van der Waals surface area (Å²) in [7, 11) is 0. The number of alkyl halides is 3. The third kappa shape index (κ3) is 6.13. The summed E-state index contributed by atoms with van der Waals surface area (Å²) in [6.45, 7) is 1.32. The summed E-state index contributed by atoms with van der Waals surface area (Å²) < 4.78 is 43.5. The van der Waals surface area contributed by atoms with E-state index in [0.29, 0.717) is 31.9 Å². The SMILES string of the molecule is NC(=O)COc1ccc(/C=C/C(=O)N2CCN(c3ncc(C(F)(F)F)cc3Cl)CC2)cc1. The lowest BCUT2D eigenvalue weighted by molar-refractivity contribution is -0.137. The van der Waals surface area contributed by atoms with Crippen LogP contribution in [0.15, 0.2) is 42.6 Å². The number of ether oxygens (including phenoxy) is 1. The number of aromatic nitrogens is 1. The Hall–Kier alpha value is -3.27. The van der Waals surface area contributed by atoms with Crippen LogP contribution in [-0.2, 0) is 15.8 Å². The zero-order valence-electron chi connectivity index (χ0n) is 16.8. The fraction of sp³-hybridized carbons (Fsp3) is 0.286. The van der Waals surface area contributed by atoms with Gasteiger partial charge in [-0.15, -0.1) is 0 Å². The number of primary amides is 1. The van der Waals surface area contributed by atoms with E-state index < -0.39 is 17.6 Å². The molecule has 1 saturated heterocycles. The first-order valence-electron chi connectivity index (χ1n) is 9.59. The number of nitrogens with two attached hydrogens (primary N) is 1. The molecule has 3 rings (SSSR count). The normalized spacial score (nSPS) is 14.6. The van der Waals surface area contributed by atoms with Crippen LogP contribution in [-0.4, -0.2) is 54.5 Å². The number of anilines is 1. The first-order valence-corrected chi connectivity index (χ1v) is 9.97. The predicted molar refractivity (Wildman–Crippen MR) is 113 cm³/mol. The van der Waals surface area contributed by atoms with Gasteiger partial charge in [0.2, 0.25) is 5.91 Å². The van der Waals surface area contributed by atoms with Crippen molar-refractivity contribution in [1.82, 2.24) is 9.88 Å². The molecule has 1 fully saturated rings. The summed E-state index contributed by atoms with van der Waals surface area (Å²) in [5.41, 5.74) is 4.88. The summed E-state index contributed by atoms with van der Waals surface area (Å²) in [6, 6.07) is 7.64. The molecule has 0 saturated carbocycles. The second-order valence-corrected chi connectivity index (χ2v) is 7.40. The molecule has 1 aromatic carbocycles. The van der Waals surface area contributed by atoms with Gasteiger partial charge in [0.1, 0.15) is 11.6 Å². The number of halogens is 4. The highest BCUT2D eigenvalue weighted by Gasteiger charge is 2.32. The van der Waals surface area contributed by atoms with Crippen LogP contribution in [0.2, 0.25) is 5.02 Å². The second kappa shape index (κ2) is 9.90. The molecule has 2 amide bonds. The summed E-state index contributed by atoms with van der Waals surface area (Å²) >= 11 is 6.00. The molecule has 0 spiro atoms. The number of hydrogen-bond donors (Lipinski definition) is 1. The maximum Gasteiger partial charge on any atom is 0.417 e. The molecule has 7 nitrogen and oxygen atoms in total. The van der Waals surface area contributed by atoms with Gasteiger partial charge in [-0.1, -0.05) is 23.7 Å². The van der Waals surface area contributed by atoms with Crippen LogP contribution in [0.1, 0.15) is 11.1 Å². The van der Waals surface area contributed by atoms with Crippen LogP contribution in [0.25, 0.3) is 6.08 Å². The molecule has 2 N–H and O–H groups in total. The van der Waals surface area contributed by atoms with Crippen LogP contribution in [0.4, 0.5) is 19.0 Å². The van der Waals surface area contributed by atoms with Gasteiger partial charge in [-0.2, -0.15) is 13.2 Å². The van der Waals surface area contributed by atoms with Crippen molar-refractivity contribution in [3.8, 4) is 5.75 Å². The minimum atomic E-state index is -4.51. The van der Waals surface area contributed by atoms with E-state index in [1.54, 1.807) is 40.1 Å². The molecule has 0 unspecified atom stereocenters. The number of amides is 2. The van der Waals surface area contributed by atoms with Crippen molar-refractivity contribution in [2.75, 3.05) is 37.7 Å². The lowest BCUT2D eigenvalue weighted by atomic mass is 10.2. The van der Waals surface area contributed by atoms with E-state index in [4.69, 9.17) is 22.1 Å². The number of benzene rings is 1. The Morgan fingerprint density at radius 1 is 1.16 bits per heavy atom. The molecule has 2 aromatic rings. The molecular formula is C21H20ClF3N4O3. The average Bonchev–Trinajstić information content (AvgIpc) is 2.76. The Kier molecular flexibility index (Phi) is 7.24. The van der Waals surface area contributed by atoms with Crippen molar-refractivity contribution in [1.29, 1.82) is 0 Å². The molecule has 0 atom stereocenters. The largest absolute Gasteiger partial charge is 0.484 e. The minimum Gasteiger partial charge on any atom is -0.484 e. The maximum atomic E-state index is 12.8. The summed E-state index contributed by atoms with van der Waals surface area (Å²) in [5.74, 6) is -0.0129. The number of pyridine rings is 1. The van der Waals surface area contributed by atoms with Crippen molar-refractivity contribution in [3.63, 3.8) is 0 Å². The van der Waals surface area contributed by atoms with Crippen molar-refractivity contribution >= 4 is 35.3 Å². The molecule has 2 heterocycles. The molecule has 0 radical (unpaired) electrons. The van der Waals surface area contributed by atoms with E-state index >= 15 is 0 Å². The van der Waals surface area contributed by atoms with Crippen molar-refractivity contribution in [3.05, 3.63) is 58.8 Å². The van der Waals surface area contributed by atoms with E-state index in [1.165, 1.54) is 6.08 Å². The number of carbonyl (C=O) groups excluding carboxylic acids is 2. The monoisotopic (exact) mass is 468 g/mol. The third-order valence-electron chi connectivity index (χ3n) is 4.72. The van der Waals surface area contributed by atoms with Crippen LogP contribution in [0.3, 0.4) is 0 Å². The number of piperazine rings is 1. The van der Waals surface area contributed by atoms with Gasteiger partial charge in [0.25, 0.3) is 5.91 Å². The maximum absolute atomic E-state index is 12.8. The van der Waals surface area contributed by atoms with Gasteiger partial charge in [-0.05, 0) is 29.8 Å². The molecule has 170 valence electrons. The number of rotatable bonds is 6. The standard InChI is InChI=1S/C21H20ClF3N4O3/c22-17-11-15(21(23,24)25)12-27-20(17)29-9-7-28(8-10-29)19(31)6-3-14-1-4-16(5-2-14)32-13-18(26)30/h1-6,11-12H,7-10,13H2,(H2,26,30)/b6-3+. The van der Waals surface area contributed by atoms with Crippen molar-refractivity contribution < 1.29 is 27.5 Å². The molecule has 0 bridgehead atoms. The molecule has 1 aliphatic heterocycles. The summed E-state index contributed by atoms with van der Waals surface area (Å²) in [4.78, 5) is 30.4. The predicted octanol–water partition coefficient (Wildman–Crippen LogP) is 2.98. The van der Waals surface area contributed by atoms with Crippen LogP contribution >= 0.6 is 11.6 Å². The first-order chi connectivity index (χ1) is 15.1. The molecule has 1 aromatic heterocycles. The number of nitrogens with zero attached hydrogens (tertiary/aromatic N) is 3. The van der Waals surface area contributed by atoms with Crippen molar-refractivity contribution in [2.24, 2.45) is 5.73 Å². The second-order valence-electron chi connectivity index (χ2n) is 7.00. The van der Waals surface area contributed by atoms with Gasteiger partial charge in [0.05, 0.1) is 10.6 Å². The zero-order valence-corrected chi connectivity index (χ0v) is 17.6. The van der Waals surface area contributed by atoms with Gasteiger partial charge in [0.15, 0.2) is 6.61 Å². The highest BCUT2D eigenvalue weighted by Crippen LogP contribution is 2.33. The van der Waals surface area contributed by atoms with E-state index in [-0.39, 0.29) is 23.4 Å². The highest BCUT2D eigenvalue weighted by atomic mass is 35.5. The number of carbonyl (C=O) groups is 2. The van der Waals surface area contributed by atoms with E-state index in [0.717, 1.165) is 17.8 Å². The Morgan fingerprint density at radius 3 is 2.38 bits per heavy atom. The van der Waals surface area contributed by atoms with Gasteiger partial charge >= 0.3 is 6.18 Å². The lowest BCUT2D eigenvalue weighted by Gasteiger charge is -2.35. The quantitative estimate of drug-likeness (QED) is 0.658. The van der Waals surface area contributed by atoms with Crippen LogP contribution in [0.5, 0.6) is 5.75 Å². The fourth-order valence-electron chi connectivity index (χ4n) is 3.06. The Morgan fingerprint density at radius 2 is 1.81 bits per heavy atom. The van der Waals surface area contributed by atoms with E-state index in [1.807, 2.05) is 0 Å². The van der Waals surface area contributed by atoms with Crippen LogP contribution in [0, 0.1) is 0 Å². The first kappa shape index (κ1) is 23.4. The van der Waals surface area contributed by atoms with Crippen molar-refractivity contribution in [2.45, 2.75) is 6.18 Å². The lowest BCUT2D eigenvalue weighted by Crippen LogP contribution is -2.48. The van der Waals surface area contributed by atoms with Crippen LogP contribution < -0.4 is 15.4 Å². The minimum absolute atomic E-state index is 0.0808. The Labute approximate surface area is 187 Å². The highest BCUT2D eigenvalue weighted by molar-refractivity contribution is 6.33. The Balaban J connectivity index is 1.54. The molecule has 1 aliphatic rings. The number of hydrogen-bond acceptors (Lipinski definition) is 5. The molecular weight excluding hydrogens is 449 g/mol. The van der Waals surface area contributed by atoms with Gasteiger partial charge < -0.3 is 20.3 Å². The summed E-state index contributed by atoms with van der Waals surface area (Å²) in [5, 5.41) is -0.0808. The topological polar surface area (TPSA) is 88.8 Å². The summed E-state index contributed by atoms with van der Waals surface area (Å²) in [6.07, 6.45) is -0.658. The van der Waals surface area contributed by atoms with Gasteiger partial charge in [0, 0.05) is 38.5 Å². The van der Waals surface area contributed by atoms with E-state index in [9.17, 15) is 22.8 Å². The fourth-order valence-corrected chi connectivity index (χ4v) is 3.35. The van der Waals surface area contributed by atoms with Gasteiger partial charge in [-0.3, -0.25) is 9.59 Å². The van der Waals surface area contributed by atoms with Gasteiger partial charge in [-0.25, -0.2) is 4.98 Å².